The van der Waals surface area contributed by atoms with Crippen LogP contribution in [0.4, 0.5) is 0 Å². The van der Waals surface area contributed by atoms with Crippen LogP contribution in [0.2, 0.25) is 109 Å². The minimum Gasteiger partial charge on any atom is -0.411 e. The number of aliphatic hydroxyl groups excluding tert-OH is 10. The molecule has 10 N–H and O–H groups in total. The van der Waals surface area contributed by atoms with Crippen molar-refractivity contribution in [1.82, 2.24) is 0 Å². The van der Waals surface area contributed by atoms with Crippen LogP contribution in [-0.4, -0.2) is 186 Å². The molecule has 650 valence electrons. The largest absolute Gasteiger partial charge is 0.411 e. The van der Waals surface area contributed by atoms with Crippen molar-refractivity contribution < 1.29 is 77.6 Å². The van der Waals surface area contributed by atoms with Crippen molar-refractivity contribution in [2.45, 2.75) is 427 Å². The lowest BCUT2D eigenvalue weighted by atomic mass is 9.88. The molecule has 2 aromatic rings. The summed E-state index contributed by atoms with van der Waals surface area (Å²) in [4.78, 5) is 0. The van der Waals surface area contributed by atoms with E-state index in [0.29, 0.717) is 12.8 Å². The van der Waals surface area contributed by atoms with Crippen LogP contribution in [0, 0.1) is 0 Å². The molecular weight excluding hydrogens is 1520 g/mol. The van der Waals surface area contributed by atoms with Gasteiger partial charge in [-0.25, -0.2) is 0 Å². The van der Waals surface area contributed by atoms with Gasteiger partial charge in [-0.05, 0) is 221 Å². The number of aliphatic hydroxyl groups is 10. The van der Waals surface area contributed by atoms with Crippen LogP contribution in [0.3, 0.4) is 0 Å². The second-order valence-corrected chi connectivity index (χ2v) is 70.2. The molecule has 0 aromatic heterocycles. The third kappa shape index (κ3) is 33.5. The molecule has 16 atom stereocenters. The quantitative estimate of drug-likeness (QED) is 0.0700. The minimum absolute atomic E-state index is 0.000332. The maximum Gasteiger partial charge on any atom is 0.193 e. The van der Waals surface area contributed by atoms with E-state index in [1.807, 2.05) is 97.1 Å². The van der Waals surface area contributed by atoms with E-state index in [1.54, 1.807) is 0 Å². The first-order valence-electron chi connectivity index (χ1n) is 42.5. The molecule has 0 saturated heterocycles. The molecule has 0 saturated carbocycles. The molecule has 8 aliphatic rings. The third-order valence-corrected chi connectivity index (χ3v) is 53.0. The fourth-order valence-electron chi connectivity index (χ4n) is 12.0. The highest BCUT2D eigenvalue weighted by Gasteiger charge is 2.46. The van der Waals surface area contributed by atoms with E-state index in [1.165, 1.54) is 0 Å². The van der Waals surface area contributed by atoms with Gasteiger partial charge in [-0.1, -0.05) is 246 Å². The van der Waals surface area contributed by atoms with Crippen molar-refractivity contribution in [2.24, 2.45) is 0 Å². The Balaban J connectivity index is 0.000000335. The summed E-state index contributed by atoms with van der Waals surface area (Å²) in [6, 6.07) is 15.3. The Morgan fingerprint density at radius 3 is 0.991 bits per heavy atom. The van der Waals surface area contributed by atoms with Crippen LogP contribution in [0.25, 0.3) is 0 Å². The third-order valence-electron chi connectivity index (χ3n) is 26.1. The van der Waals surface area contributed by atoms with Gasteiger partial charge in [0.1, 0.15) is 12.2 Å². The van der Waals surface area contributed by atoms with Gasteiger partial charge in [0.05, 0.1) is 85.5 Å². The molecule has 0 spiro atoms. The number of rotatable bonds is 12. The normalized spacial score (nSPS) is 28.2. The molecule has 0 bridgehead atoms. The molecule has 0 unspecified atom stereocenters. The van der Waals surface area contributed by atoms with Gasteiger partial charge in [-0.2, -0.15) is 0 Å². The number of allylic oxidation sites excluding steroid dienone is 4. The second kappa shape index (κ2) is 44.4. The highest BCUT2D eigenvalue weighted by molar-refractivity contribution is 6.76. The number of benzene rings is 2. The Hall–Kier alpha value is -2.46. The van der Waals surface area contributed by atoms with Crippen LogP contribution < -0.4 is 0 Å². The van der Waals surface area contributed by atoms with E-state index in [4.69, 9.17) is 26.6 Å². The van der Waals surface area contributed by atoms with E-state index in [9.17, 15) is 51.1 Å². The molecule has 113 heavy (non-hydrogen) atoms. The van der Waals surface area contributed by atoms with Gasteiger partial charge < -0.3 is 77.6 Å². The molecule has 0 fully saturated rings. The zero-order valence-electron chi connectivity index (χ0n) is 76.3. The van der Waals surface area contributed by atoms with E-state index >= 15 is 0 Å². The van der Waals surface area contributed by atoms with Gasteiger partial charge in [0.2, 0.25) is 0 Å². The van der Waals surface area contributed by atoms with Crippen LogP contribution >= 0.6 is 0 Å². The van der Waals surface area contributed by atoms with E-state index in [-0.39, 0.29) is 85.2 Å². The molecule has 0 amide bonds. The van der Waals surface area contributed by atoms with Crippen molar-refractivity contribution in [3.8, 4) is 0 Å². The first kappa shape index (κ1) is 105. The van der Waals surface area contributed by atoms with Gasteiger partial charge in [-0.15, -0.1) is 0 Å². The maximum atomic E-state index is 10.0. The molecule has 22 heteroatoms. The molecule has 0 radical (unpaired) electrons. The van der Waals surface area contributed by atoms with Gasteiger partial charge >= 0.3 is 0 Å². The van der Waals surface area contributed by atoms with Crippen LogP contribution in [-0.2, 0) is 39.4 Å². The number of fused-ring (bicyclic) bond motifs is 2. The molecule has 0 heterocycles. The van der Waals surface area contributed by atoms with Gasteiger partial charge in [-0.3, -0.25) is 0 Å². The highest BCUT2D eigenvalue weighted by Crippen LogP contribution is 2.45. The average Bonchev–Trinajstić information content (AvgIpc) is 1.69. The van der Waals surface area contributed by atoms with E-state index in [2.05, 4.69) is 227 Å². The van der Waals surface area contributed by atoms with Crippen LogP contribution in [0.5, 0.6) is 0 Å². The predicted octanol–water partition coefficient (Wildman–Crippen LogP) is 20.2. The van der Waals surface area contributed by atoms with Gasteiger partial charge in [0, 0.05) is 6.42 Å². The lowest BCUT2D eigenvalue weighted by molar-refractivity contribution is 0.00650. The molecule has 2 aromatic carbocycles. The molecule has 0 aliphatic heterocycles. The number of hydrogen-bond acceptors (Lipinski definition) is 16. The monoisotopic (exact) mass is 1680 g/mol. The van der Waals surface area contributed by atoms with E-state index < -0.39 is 92.6 Å². The summed E-state index contributed by atoms with van der Waals surface area (Å²) in [7, 11) is -10.4. The Morgan fingerprint density at radius 1 is 0.283 bits per heavy atom. The van der Waals surface area contributed by atoms with Crippen LogP contribution in [0.15, 0.2) is 121 Å². The Kier molecular flexibility index (Phi) is 41.1. The summed E-state index contributed by atoms with van der Waals surface area (Å²) >= 11 is 0. The summed E-state index contributed by atoms with van der Waals surface area (Å²) in [5.74, 6) is 0. The van der Waals surface area contributed by atoms with Gasteiger partial charge in [0.25, 0.3) is 0 Å². The minimum atomic E-state index is -1.77. The van der Waals surface area contributed by atoms with Crippen LogP contribution in [0.1, 0.15) is 243 Å². The Bertz CT molecular complexity index is 3280. The predicted molar refractivity (Wildman–Crippen MR) is 486 cm³/mol. The topological polar surface area (TPSA) is 258 Å². The summed E-state index contributed by atoms with van der Waals surface area (Å²) < 4.78 is 37.0. The lowest BCUT2D eigenvalue weighted by Crippen LogP contribution is -2.47. The summed E-state index contributed by atoms with van der Waals surface area (Å²) in [5, 5.41) is 97.8. The molecule has 10 rings (SSSR count). The van der Waals surface area contributed by atoms with Crippen molar-refractivity contribution in [1.29, 1.82) is 0 Å². The lowest BCUT2D eigenvalue weighted by Gasteiger charge is -2.40. The van der Waals surface area contributed by atoms with Crippen molar-refractivity contribution >= 4 is 49.9 Å². The fraction of sp³-hybridized carbons (Fsp3) is 0.736. The molecule has 8 aliphatic carbocycles. The first-order valence-corrected chi connectivity index (χ1v) is 60.0. The fourth-order valence-corrected chi connectivity index (χ4v) is 19.9. The highest BCUT2D eigenvalue weighted by atomic mass is 28.4. The second-order valence-electron chi connectivity index (χ2n) is 41.7. The Morgan fingerprint density at radius 2 is 0.593 bits per heavy atom. The average molecular weight is 1680 g/mol. The zero-order chi connectivity index (χ0) is 86.5. The standard InChI is InChI=1S/2C13H26O2Si.2C12H24O2Si.2C11H22O2Si.C10H12O2.C9H10O2/c2*1-13(2,3)16(4,5)15-12-10-8-6-7-9-11(12)14;2*1-12(2,3)15(4,5)14-11-9-7-6-8-10(11)13;2*1-11(2,3)14(4,5)13-10-8-6-7-9(10)12;11-9-6-5-7-3-1-2-4-8(7)10(9)12;10-8-5-6-3-1-2-4-7(6)9(8)11/h8,10-12,14H,6-7,9H2,1-5H3;7,9,11-12,14H,6,8,10H2,1-5H3;7,9-11,13H,6,8H2,1-5H3;6,8,10-11,13H,7,9H2,1-5H3;6,8-10,12H,7H2,1-5H3;6-7,9-10,12H,8H2,1-5H3;1-4,9-12H,5-6H2;1-4,8-11H,5H2/t2*11-,12+;2*10-,11+;3*9-,10+;8-,9+/m00000000/s1. The number of hydrogen-bond donors (Lipinski definition) is 10. The summed E-state index contributed by atoms with van der Waals surface area (Å²) in [5.41, 5.74) is 3.99. The number of aryl methyl sites for hydroxylation is 1. The molecule has 16 nitrogen and oxygen atoms in total. The summed E-state index contributed by atoms with van der Waals surface area (Å²) in [6.07, 6.45) is 32.7. The molecular formula is C91H166O16Si6. The SMILES string of the molecule is CC(C)(C)[Si](C)(C)O[C@@H]1C=CCCC[C@@H]1O.CC(C)(C)[Si](C)(C)O[C@@H]1C=CCC[C@@H]1O.CC(C)(C)[Si](C)(C)O[C@@H]1C=CC[C@@H]1O.CC(C)(C)[Si](C)(C)O[C@@H]1CC=C[C@@H]1O.CC(C)(C)[Si](C)(C)O[C@@H]1CCC=C[C@@H]1O.CC(C)(C)[Si](C)(C)O[C@@H]1CCCC=C[C@@H]1O.O[C@@H]1c2ccccc2CC[C@@H]1O.O[C@@H]1c2ccccc2C[C@@H]1O. The van der Waals surface area contributed by atoms with E-state index in [0.717, 1.165) is 106 Å². The Labute approximate surface area is 694 Å². The van der Waals surface area contributed by atoms with Crippen molar-refractivity contribution in [2.75, 3.05) is 0 Å². The van der Waals surface area contributed by atoms with Crippen molar-refractivity contribution in [3.63, 3.8) is 0 Å². The van der Waals surface area contributed by atoms with Crippen molar-refractivity contribution in [3.05, 3.63) is 144 Å². The zero-order valence-corrected chi connectivity index (χ0v) is 82.3. The maximum absolute atomic E-state index is 10.0. The first-order chi connectivity index (χ1) is 51.5. The summed E-state index contributed by atoms with van der Waals surface area (Å²) in [6.45, 7) is 66.8. The smallest absolute Gasteiger partial charge is 0.193 e. The van der Waals surface area contributed by atoms with Gasteiger partial charge in [0.15, 0.2) is 49.9 Å².